The second-order valence-electron chi connectivity index (χ2n) is 5.01. The molecule has 0 amide bonds. The molecule has 108 valence electrons. The third kappa shape index (κ3) is 2.18. The summed E-state index contributed by atoms with van der Waals surface area (Å²) in [7, 11) is 0. The van der Waals surface area contributed by atoms with E-state index < -0.39 is 11.2 Å². The zero-order valence-electron chi connectivity index (χ0n) is 11.9. The number of aromatic amines is 2. The Hall–Kier alpha value is -2.63. The van der Waals surface area contributed by atoms with E-state index in [1.54, 1.807) is 0 Å². The number of benzene rings is 1. The Kier molecular flexibility index (Phi) is 3.21. The maximum Gasteiger partial charge on any atom is 0.334 e. The summed E-state index contributed by atoms with van der Waals surface area (Å²) in [6.07, 6.45) is 1.64. The van der Waals surface area contributed by atoms with Crippen LogP contribution in [0.5, 0.6) is 0 Å². The molecule has 0 radical (unpaired) electrons. The minimum Gasteiger partial charge on any atom is -0.336 e. The molecule has 0 aliphatic heterocycles. The highest BCUT2D eigenvalue weighted by atomic mass is 16.2. The smallest absolute Gasteiger partial charge is 0.334 e. The van der Waals surface area contributed by atoms with Crippen LogP contribution in [0.2, 0.25) is 0 Å². The normalized spacial score (nSPS) is 11.1. The standard InChI is InChI=1S/C15H16N4O2/c1-3-6-11-16-12-13(17-11)19(15(21)18-14(12)20)10-8-5-4-7-9(10)2/h4-5,7-8H,3,6H2,1-2H3,(H,16,17)(H,18,20,21). The van der Waals surface area contributed by atoms with Crippen molar-refractivity contribution in [3.63, 3.8) is 0 Å². The van der Waals surface area contributed by atoms with Gasteiger partial charge in [0, 0.05) is 6.42 Å². The van der Waals surface area contributed by atoms with Crippen LogP contribution in [-0.4, -0.2) is 19.5 Å². The fraction of sp³-hybridized carbons (Fsp3) is 0.267. The molecule has 3 aromatic rings. The Morgan fingerprint density at radius 1 is 1.19 bits per heavy atom. The summed E-state index contributed by atoms with van der Waals surface area (Å²) in [5.74, 6) is 0.714. The first kappa shape index (κ1) is 13.4. The van der Waals surface area contributed by atoms with Gasteiger partial charge in [0.1, 0.15) is 11.3 Å². The summed E-state index contributed by atoms with van der Waals surface area (Å²) >= 11 is 0. The van der Waals surface area contributed by atoms with Crippen LogP contribution in [0, 0.1) is 6.92 Å². The predicted octanol–water partition coefficient (Wildman–Crippen LogP) is 1.66. The summed E-state index contributed by atoms with van der Waals surface area (Å²) in [6.45, 7) is 3.95. The number of hydrogen-bond acceptors (Lipinski definition) is 3. The van der Waals surface area contributed by atoms with Crippen LogP contribution >= 0.6 is 0 Å². The van der Waals surface area contributed by atoms with E-state index in [1.807, 2.05) is 38.1 Å². The lowest BCUT2D eigenvalue weighted by Gasteiger charge is -2.08. The predicted molar refractivity (Wildman–Crippen MR) is 81.0 cm³/mol. The van der Waals surface area contributed by atoms with Crippen LogP contribution in [-0.2, 0) is 6.42 Å². The Labute approximate surface area is 120 Å². The summed E-state index contributed by atoms with van der Waals surface area (Å²) in [5, 5.41) is 0. The van der Waals surface area contributed by atoms with Gasteiger partial charge in [0.05, 0.1) is 5.69 Å². The van der Waals surface area contributed by atoms with Gasteiger partial charge in [-0.15, -0.1) is 0 Å². The van der Waals surface area contributed by atoms with Crippen molar-refractivity contribution in [3.05, 3.63) is 56.5 Å². The minimum atomic E-state index is -0.476. The molecule has 0 spiro atoms. The molecule has 3 rings (SSSR count). The molecule has 0 atom stereocenters. The Bertz CT molecular complexity index is 917. The lowest BCUT2D eigenvalue weighted by molar-refractivity contribution is 0.857. The second kappa shape index (κ2) is 5.05. The molecule has 0 fully saturated rings. The average molecular weight is 284 g/mol. The van der Waals surface area contributed by atoms with E-state index in [4.69, 9.17) is 0 Å². The van der Waals surface area contributed by atoms with Crippen LogP contribution in [0.4, 0.5) is 0 Å². The Balaban J connectivity index is 2.39. The fourth-order valence-corrected chi connectivity index (χ4v) is 2.44. The molecule has 6 nitrogen and oxygen atoms in total. The quantitative estimate of drug-likeness (QED) is 0.767. The van der Waals surface area contributed by atoms with Crippen LogP contribution in [0.3, 0.4) is 0 Å². The van der Waals surface area contributed by atoms with Gasteiger partial charge < -0.3 is 4.98 Å². The van der Waals surface area contributed by atoms with E-state index >= 15 is 0 Å². The van der Waals surface area contributed by atoms with Crippen LogP contribution in [0.1, 0.15) is 24.7 Å². The first-order chi connectivity index (χ1) is 10.1. The van der Waals surface area contributed by atoms with Gasteiger partial charge in [0.25, 0.3) is 5.56 Å². The number of rotatable bonds is 3. The number of aryl methyl sites for hydroxylation is 2. The third-order valence-electron chi connectivity index (χ3n) is 3.44. The second-order valence-corrected chi connectivity index (χ2v) is 5.01. The maximum absolute atomic E-state index is 12.2. The number of imidazole rings is 1. The Morgan fingerprint density at radius 3 is 2.67 bits per heavy atom. The molecule has 0 aliphatic carbocycles. The van der Waals surface area contributed by atoms with Gasteiger partial charge in [-0.1, -0.05) is 25.1 Å². The van der Waals surface area contributed by atoms with Gasteiger partial charge >= 0.3 is 5.69 Å². The van der Waals surface area contributed by atoms with Crippen molar-refractivity contribution in [1.29, 1.82) is 0 Å². The van der Waals surface area contributed by atoms with Gasteiger partial charge in [0.15, 0.2) is 5.65 Å². The molecule has 2 aromatic heterocycles. The van der Waals surface area contributed by atoms with Crippen molar-refractivity contribution < 1.29 is 0 Å². The first-order valence-corrected chi connectivity index (χ1v) is 6.91. The van der Waals surface area contributed by atoms with Crippen molar-refractivity contribution in [2.75, 3.05) is 0 Å². The van der Waals surface area contributed by atoms with Crippen molar-refractivity contribution in [3.8, 4) is 5.69 Å². The van der Waals surface area contributed by atoms with Crippen LogP contribution < -0.4 is 11.2 Å². The lowest BCUT2D eigenvalue weighted by atomic mass is 10.2. The van der Waals surface area contributed by atoms with E-state index in [0.717, 1.165) is 24.1 Å². The number of para-hydroxylation sites is 1. The number of H-pyrrole nitrogens is 2. The third-order valence-corrected chi connectivity index (χ3v) is 3.44. The van der Waals surface area contributed by atoms with E-state index in [-0.39, 0.29) is 0 Å². The van der Waals surface area contributed by atoms with E-state index in [9.17, 15) is 9.59 Å². The minimum absolute atomic E-state index is 0.335. The van der Waals surface area contributed by atoms with Crippen molar-refractivity contribution in [2.24, 2.45) is 0 Å². The lowest BCUT2D eigenvalue weighted by Crippen LogP contribution is -2.29. The zero-order chi connectivity index (χ0) is 15.0. The molecule has 1 aromatic carbocycles. The molecule has 21 heavy (non-hydrogen) atoms. The molecule has 6 heteroatoms. The Morgan fingerprint density at radius 2 is 1.95 bits per heavy atom. The topological polar surface area (TPSA) is 83.5 Å². The van der Waals surface area contributed by atoms with Crippen molar-refractivity contribution in [2.45, 2.75) is 26.7 Å². The molecule has 0 aliphatic rings. The van der Waals surface area contributed by atoms with Gasteiger partial charge in [0.2, 0.25) is 0 Å². The summed E-state index contributed by atoms with van der Waals surface area (Å²) < 4.78 is 1.45. The molecule has 0 bridgehead atoms. The van der Waals surface area contributed by atoms with Crippen LogP contribution in [0.15, 0.2) is 33.9 Å². The van der Waals surface area contributed by atoms with Crippen molar-refractivity contribution in [1.82, 2.24) is 19.5 Å². The number of fused-ring (bicyclic) bond motifs is 1. The highest BCUT2D eigenvalue weighted by Gasteiger charge is 2.14. The van der Waals surface area contributed by atoms with Gasteiger partial charge in [-0.05, 0) is 25.0 Å². The first-order valence-electron chi connectivity index (χ1n) is 6.91. The summed E-state index contributed by atoms with van der Waals surface area (Å²) in [5.41, 5.74) is 1.46. The number of hydrogen-bond donors (Lipinski definition) is 2. The largest absolute Gasteiger partial charge is 0.336 e. The van der Waals surface area contributed by atoms with Gasteiger partial charge in [-0.25, -0.2) is 14.3 Å². The molecule has 0 unspecified atom stereocenters. The monoisotopic (exact) mass is 284 g/mol. The SMILES string of the molecule is CCCc1nc2c([nH]1)c(=O)[nH]c(=O)n2-c1ccccc1C. The highest BCUT2D eigenvalue weighted by Crippen LogP contribution is 2.15. The fourth-order valence-electron chi connectivity index (χ4n) is 2.44. The molecule has 0 saturated heterocycles. The zero-order valence-corrected chi connectivity index (χ0v) is 11.9. The summed E-state index contributed by atoms with van der Waals surface area (Å²) in [6, 6.07) is 7.51. The molecular formula is C15H16N4O2. The number of nitrogens with zero attached hydrogens (tertiary/aromatic N) is 2. The van der Waals surface area contributed by atoms with Crippen molar-refractivity contribution >= 4 is 11.2 Å². The average Bonchev–Trinajstić information content (AvgIpc) is 2.85. The highest BCUT2D eigenvalue weighted by molar-refractivity contribution is 5.72. The van der Waals surface area contributed by atoms with Crippen LogP contribution in [0.25, 0.3) is 16.9 Å². The van der Waals surface area contributed by atoms with Gasteiger partial charge in [-0.2, -0.15) is 0 Å². The molecule has 0 saturated carbocycles. The van der Waals surface area contributed by atoms with E-state index in [2.05, 4.69) is 15.0 Å². The maximum atomic E-state index is 12.2. The van der Waals surface area contributed by atoms with E-state index in [0.29, 0.717) is 17.0 Å². The molecule has 2 N–H and O–H groups in total. The molecular weight excluding hydrogens is 268 g/mol. The van der Waals surface area contributed by atoms with E-state index in [1.165, 1.54) is 4.57 Å². The molecule has 2 heterocycles. The van der Waals surface area contributed by atoms with Gasteiger partial charge in [-0.3, -0.25) is 9.78 Å². The number of nitrogens with one attached hydrogen (secondary N) is 2. The summed E-state index contributed by atoms with van der Waals surface area (Å²) in [4.78, 5) is 34.0. The number of aromatic nitrogens is 4.